The Morgan fingerprint density at radius 2 is 2.25 bits per heavy atom. The molecule has 3 heteroatoms. The van der Waals surface area contributed by atoms with Crippen LogP contribution >= 0.6 is 0 Å². The Morgan fingerprint density at radius 1 is 1.44 bits per heavy atom. The Balaban J connectivity index is 2.13. The Kier molecular flexibility index (Phi) is 3.44. The van der Waals surface area contributed by atoms with Gasteiger partial charge in [-0.25, -0.2) is 4.39 Å². The minimum Gasteiger partial charge on any atom is -0.507 e. The summed E-state index contributed by atoms with van der Waals surface area (Å²) >= 11 is 0. The van der Waals surface area contributed by atoms with Gasteiger partial charge in [-0.1, -0.05) is 6.42 Å². The normalized spacial score (nSPS) is 21.0. The minimum atomic E-state index is -0.263. The summed E-state index contributed by atoms with van der Waals surface area (Å²) in [6.07, 6.45) is 4.25. The number of halogens is 1. The molecule has 1 saturated heterocycles. The quantitative estimate of drug-likeness (QED) is 0.807. The van der Waals surface area contributed by atoms with Crippen LogP contribution in [-0.2, 0) is 6.42 Å². The van der Waals surface area contributed by atoms with Crippen LogP contribution in [-0.4, -0.2) is 17.7 Å². The highest BCUT2D eigenvalue weighted by Gasteiger charge is 2.16. The third kappa shape index (κ3) is 2.53. The first-order chi connectivity index (χ1) is 7.66. The van der Waals surface area contributed by atoms with Crippen LogP contribution in [0.1, 0.15) is 30.4 Å². The van der Waals surface area contributed by atoms with E-state index in [1.165, 1.54) is 25.0 Å². The molecule has 0 radical (unpaired) electrons. The van der Waals surface area contributed by atoms with Crippen molar-refractivity contribution in [3.05, 3.63) is 29.1 Å². The van der Waals surface area contributed by atoms with Crippen molar-refractivity contribution in [2.24, 2.45) is 0 Å². The van der Waals surface area contributed by atoms with Gasteiger partial charge in [0.2, 0.25) is 0 Å². The number of hydrogen-bond acceptors (Lipinski definition) is 2. The fourth-order valence-electron chi connectivity index (χ4n) is 2.32. The molecule has 2 rings (SSSR count). The highest BCUT2D eigenvalue weighted by atomic mass is 19.1. The SMILES string of the molecule is Cc1cc(F)cc(CC2CCCCN2)c1O. The van der Waals surface area contributed by atoms with E-state index in [1.54, 1.807) is 6.92 Å². The number of phenols is 1. The van der Waals surface area contributed by atoms with Gasteiger partial charge in [-0.3, -0.25) is 0 Å². The second-order valence-electron chi connectivity index (χ2n) is 4.58. The molecule has 0 bridgehead atoms. The first kappa shape index (κ1) is 11.4. The Hall–Kier alpha value is -1.09. The summed E-state index contributed by atoms with van der Waals surface area (Å²) in [7, 11) is 0. The summed E-state index contributed by atoms with van der Waals surface area (Å²) in [5.74, 6) is -0.0186. The third-order valence-electron chi connectivity index (χ3n) is 3.22. The van der Waals surface area contributed by atoms with Crippen molar-refractivity contribution in [2.75, 3.05) is 6.54 Å². The molecule has 0 saturated carbocycles. The largest absolute Gasteiger partial charge is 0.507 e. The van der Waals surface area contributed by atoms with Crippen molar-refractivity contribution in [3.8, 4) is 5.75 Å². The van der Waals surface area contributed by atoms with Gasteiger partial charge in [0.15, 0.2) is 0 Å². The lowest BCUT2D eigenvalue weighted by Gasteiger charge is -2.24. The van der Waals surface area contributed by atoms with E-state index in [4.69, 9.17) is 0 Å². The molecule has 1 aromatic rings. The second kappa shape index (κ2) is 4.83. The third-order valence-corrected chi connectivity index (χ3v) is 3.22. The molecule has 1 unspecified atom stereocenters. The van der Waals surface area contributed by atoms with E-state index in [-0.39, 0.29) is 11.6 Å². The van der Waals surface area contributed by atoms with Crippen LogP contribution in [0.15, 0.2) is 12.1 Å². The van der Waals surface area contributed by atoms with Gasteiger partial charge in [-0.15, -0.1) is 0 Å². The lowest BCUT2D eigenvalue weighted by atomic mass is 9.96. The monoisotopic (exact) mass is 223 g/mol. The van der Waals surface area contributed by atoms with Crippen LogP contribution < -0.4 is 5.32 Å². The average molecular weight is 223 g/mol. The molecule has 0 aromatic heterocycles. The fraction of sp³-hybridized carbons (Fsp3) is 0.538. The number of piperidine rings is 1. The Bertz CT molecular complexity index is 372. The molecule has 1 aliphatic heterocycles. The molecule has 2 nitrogen and oxygen atoms in total. The van der Waals surface area contributed by atoms with E-state index in [2.05, 4.69) is 5.32 Å². The summed E-state index contributed by atoms with van der Waals surface area (Å²) in [4.78, 5) is 0. The van der Waals surface area contributed by atoms with E-state index >= 15 is 0 Å². The summed E-state index contributed by atoms with van der Waals surface area (Å²) in [5.41, 5.74) is 1.34. The van der Waals surface area contributed by atoms with Crippen molar-refractivity contribution in [2.45, 2.75) is 38.6 Å². The lowest BCUT2D eigenvalue weighted by Crippen LogP contribution is -2.35. The smallest absolute Gasteiger partial charge is 0.124 e. The van der Waals surface area contributed by atoms with Gasteiger partial charge in [-0.05, 0) is 56.0 Å². The Labute approximate surface area is 95.5 Å². The van der Waals surface area contributed by atoms with Gasteiger partial charge in [0, 0.05) is 6.04 Å². The summed E-state index contributed by atoms with van der Waals surface area (Å²) in [6.45, 7) is 2.76. The molecular weight excluding hydrogens is 205 g/mol. The average Bonchev–Trinajstić information content (AvgIpc) is 2.27. The first-order valence-corrected chi connectivity index (χ1v) is 5.88. The van der Waals surface area contributed by atoms with Crippen LogP contribution in [0.3, 0.4) is 0 Å². The molecule has 0 spiro atoms. The number of aromatic hydroxyl groups is 1. The molecule has 1 aromatic carbocycles. The predicted octanol–water partition coefficient (Wildman–Crippen LogP) is 2.52. The molecule has 0 amide bonds. The zero-order chi connectivity index (χ0) is 11.5. The molecule has 1 heterocycles. The highest BCUT2D eigenvalue weighted by molar-refractivity contribution is 5.40. The summed E-state index contributed by atoms with van der Waals surface area (Å²) in [5, 5.41) is 13.3. The molecule has 16 heavy (non-hydrogen) atoms. The molecule has 1 fully saturated rings. The number of benzene rings is 1. The van der Waals surface area contributed by atoms with Crippen LogP contribution in [0.2, 0.25) is 0 Å². The zero-order valence-electron chi connectivity index (χ0n) is 9.59. The Morgan fingerprint density at radius 3 is 2.94 bits per heavy atom. The highest BCUT2D eigenvalue weighted by Crippen LogP contribution is 2.25. The molecule has 1 aliphatic rings. The van der Waals surface area contributed by atoms with Crippen molar-refractivity contribution >= 4 is 0 Å². The van der Waals surface area contributed by atoms with E-state index in [9.17, 15) is 9.50 Å². The molecule has 88 valence electrons. The van der Waals surface area contributed by atoms with Crippen molar-refractivity contribution < 1.29 is 9.50 Å². The summed E-state index contributed by atoms with van der Waals surface area (Å²) in [6, 6.07) is 3.19. The van der Waals surface area contributed by atoms with Gasteiger partial charge < -0.3 is 10.4 Å². The number of nitrogens with one attached hydrogen (secondary N) is 1. The maximum atomic E-state index is 13.2. The molecular formula is C13H18FNO. The number of hydrogen-bond donors (Lipinski definition) is 2. The topological polar surface area (TPSA) is 32.3 Å². The predicted molar refractivity (Wildman–Crippen MR) is 62.1 cm³/mol. The van der Waals surface area contributed by atoms with Gasteiger partial charge >= 0.3 is 0 Å². The molecule has 1 atom stereocenters. The van der Waals surface area contributed by atoms with Gasteiger partial charge in [0.1, 0.15) is 11.6 Å². The summed E-state index contributed by atoms with van der Waals surface area (Å²) < 4.78 is 13.2. The van der Waals surface area contributed by atoms with Crippen LogP contribution in [0.5, 0.6) is 5.75 Å². The van der Waals surface area contributed by atoms with Crippen molar-refractivity contribution in [1.29, 1.82) is 0 Å². The molecule has 0 aliphatic carbocycles. The molecule has 2 N–H and O–H groups in total. The van der Waals surface area contributed by atoms with Crippen molar-refractivity contribution in [1.82, 2.24) is 5.32 Å². The first-order valence-electron chi connectivity index (χ1n) is 5.88. The van der Waals surface area contributed by atoms with Gasteiger partial charge in [0.25, 0.3) is 0 Å². The fourth-order valence-corrected chi connectivity index (χ4v) is 2.32. The standard InChI is InChI=1S/C13H18FNO/c1-9-6-11(14)7-10(13(9)16)8-12-4-2-3-5-15-12/h6-7,12,15-16H,2-5,8H2,1H3. The number of rotatable bonds is 2. The van der Waals surface area contributed by atoms with Crippen molar-refractivity contribution in [3.63, 3.8) is 0 Å². The lowest BCUT2D eigenvalue weighted by molar-refractivity contribution is 0.390. The van der Waals surface area contributed by atoms with E-state index in [1.807, 2.05) is 0 Å². The van der Waals surface area contributed by atoms with E-state index < -0.39 is 0 Å². The minimum absolute atomic E-state index is 0.244. The van der Waals surface area contributed by atoms with Crippen LogP contribution in [0, 0.1) is 12.7 Å². The van der Waals surface area contributed by atoms with Gasteiger partial charge in [0.05, 0.1) is 0 Å². The van der Waals surface area contributed by atoms with E-state index in [0.717, 1.165) is 18.5 Å². The van der Waals surface area contributed by atoms with Crippen LogP contribution in [0.25, 0.3) is 0 Å². The second-order valence-corrected chi connectivity index (χ2v) is 4.58. The van der Waals surface area contributed by atoms with Gasteiger partial charge in [-0.2, -0.15) is 0 Å². The number of phenolic OH excluding ortho intramolecular Hbond substituents is 1. The van der Waals surface area contributed by atoms with Crippen LogP contribution in [0.4, 0.5) is 4.39 Å². The zero-order valence-corrected chi connectivity index (χ0v) is 9.59. The maximum absolute atomic E-state index is 13.2. The van der Waals surface area contributed by atoms with E-state index in [0.29, 0.717) is 18.0 Å². The number of aryl methyl sites for hydroxylation is 1. The maximum Gasteiger partial charge on any atom is 0.124 e.